The number of benzene rings is 1. The quantitative estimate of drug-likeness (QED) is 0.783. The second-order valence-electron chi connectivity index (χ2n) is 6.20. The molecule has 0 radical (unpaired) electrons. The van der Waals surface area contributed by atoms with E-state index >= 15 is 0 Å². The maximum Gasteiger partial charge on any atom is 0.0300 e. The molecule has 0 aliphatic carbocycles. The summed E-state index contributed by atoms with van der Waals surface area (Å²) >= 11 is 1.80. The third kappa shape index (κ3) is 4.56. The predicted molar refractivity (Wildman–Crippen MR) is 97.8 cm³/mol. The molecule has 0 N–H and O–H groups in total. The van der Waals surface area contributed by atoms with Crippen molar-refractivity contribution < 1.29 is 0 Å². The predicted octanol–water partition coefficient (Wildman–Crippen LogP) is 3.43. The number of aryl methyl sites for hydroxylation is 1. The Balaban J connectivity index is 1.49. The molecule has 0 unspecified atom stereocenters. The number of aromatic nitrogens is 1. The molecule has 1 aromatic carbocycles. The number of rotatable bonds is 5. The molecule has 2 aromatic rings. The fraction of sp³-hybridized carbons (Fsp3) is 0.421. The summed E-state index contributed by atoms with van der Waals surface area (Å²) in [5, 5.41) is 0. The molecule has 0 atom stereocenters. The van der Waals surface area contributed by atoms with E-state index in [1.54, 1.807) is 11.8 Å². The van der Waals surface area contributed by atoms with Gasteiger partial charge in [-0.1, -0.05) is 12.1 Å². The molecule has 0 saturated carbocycles. The van der Waals surface area contributed by atoms with Crippen molar-refractivity contribution in [1.29, 1.82) is 0 Å². The molecule has 122 valence electrons. The van der Waals surface area contributed by atoms with Crippen molar-refractivity contribution in [2.24, 2.45) is 0 Å². The van der Waals surface area contributed by atoms with Crippen LogP contribution in [0.3, 0.4) is 0 Å². The van der Waals surface area contributed by atoms with Crippen LogP contribution in [0.2, 0.25) is 0 Å². The molecule has 1 aliphatic rings. The minimum Gasteiger partial charge on any atom is -0.297 e. The number of thioether (sulfide) groups is 1. The lowest BCUT2D eigenvalue weighted by molar-refractivity contribution is 0.122. The smallest absolute Gasteiger partial charge is 0.0300 e. The average molecular weight is 327 g/mol. The van der Waals surface area contributed by atoms with Crippen LogP contribution in [-0.2, 0) is 13.1 Å². The summed E-state index contributed by atoms with van der Waals surface area (Å²) in [7, 11) is 0. The van der Waals surface area contributed by atoms with Crippen LogP contribution in [0, 0.1) is 6.92 Å². The van der Waals surface area contributed by atoms with Gasteiger partial charge in [0.25, 0.3) is 0 Å². The third-order valence-electron chi connectivity index (χ3n) is 4.56. The summed E-state index contributed by atoms with van der Waals surface area (Å²) in [6.07, 6.45) is 5.99. The van der Waals surface area contributed by atoms with Gasteiger partial charge in [-0.3, -0.25) is 14.8 Å². The number of hydrogen-bond acceptors (Lipinski definition) is 4. The summed E-state index contributed by atoms with van der Waals surface area (Å²) in [6.45, 7) is 8.84. The van der Waals surface area contributed by atoms with Gasteiger partial charge in [-0.05, 0) is 48.1 Å². The molecule has 2 heterocycles. The molecule has 23 heavy (non-hydrogen) atoms. The van der Waals surface area contributed by atoms with E-state index in [1.807, 2.05) is 12.4 Å². The van der Waals surface area contributed by atoms with Crippen molar-refractivity contribution in [3.8, 4) is 0 Å². The molecule has 3 nitrogen and oxygen atoms in total. The summed E-state index contributed by atoms with van der Waals surface area (Å²) in [5.41, 5.74) is 4.12. The van der Waals surface area contributed by atoms with Crippen molar-refractivity contribution in [2.45, 2.75) is 24.9 Å². The number of piperazine rings is 1. The third-order valence-corrected chi connectivity index (χ3v) is 5.30. The van der Waals surface area contributed by atoms with Crippen LogP contribution in [0.25, 0.3) is 0 Å². The van der Waals surface area contributed by atoms with Crippen LogP contribution in [0.5, 0.6) is 0 Å². The van der Waals surface area contributed by atoms with Gasteiger partial charge in [-0.2, -0.15) is 0 Å². The van der Waals surface area contributed by atoms with Crippen LogP contribution in [0.1, 0.15) is 16.7 Å². The van der Waals surface area contributed by atoms with Gasteiger partial charge in [0.2, 0.25) is 0 Å². The van der Waals surface area contributed by atoms with Crippen molar-refractivity contribution in [2.75, 3.05) is 32.4 Å². The lowest BCUT2D eigenvalue weighted by atomic mass is 10.1. The second-order valence-corrected chi connectivity index (χ2v) is 7.08. The maximum atomic E-state index is 4.18. The number of nitrogens with zero attached hydrogens (tertiary/aromatic N) is 3. The zero-order chi connectivity index (χ0) is 16.1. The van der Waals surface area contributed by atoms with Crippen LogP contribution < -0.4 is 0 Å². The Hall–Kier alpha value is -1.36. The first kappa shape index (κ1) is 16.5. The zero-order valence-electron chi connectivity index (χ0n) is 14.0. The van der Waals surface area contributed by atoms with E-state index in [4.69, 9.17) is 0 Å². The van der Waals surface area contributed by atoms with E-state index in [2.05, 4.69) is 58.3 Å². The molecule has 1 fully saturated rings. The Labute approximate surface area is 143 Å². The lowest BCUT2D eigenvalue weighted by Crippen LogP contribution is -2.45. The number of hydrogen-bond donors (Lipinski definition) is 0. The van der Waals surface area contributed by atoms with E-state index in [9.17, 15) is 0 Å². The minimum absolute atomic E-state index is 1.05. The highest BCUT2D eigenvalue weighted by Crippen LogP contribution is 2.17. The standard InChI is InChI=1S/C19H25N3S/c1-16-13-20-8-7-18(16)15-22-11-9-21(10-12-22)14-17-3-5-19(23-2)6-4-17/h3-8,13H,9-12,14-15H2,1-2H3. The van der Waals surface area contributed by atoms with E-state index in [1.165, 1.54) is 21.6 Å². The van der Waals surface area contributed by atoms with Crippen LogP contribution in [0.15, 0.2) is 47.6 Å². The summed E-state index contributed by atoms with van der Waals surface area (Å²) in [6, 6.07) is 11.1. The van der Waals surface area contributed by atoms with Gasteiger partial charge < -0.3 is 0 Å². The first-order valence-corrected chi connectivity index (χ1v) is 9.44. The average Bonchev–Trinajstić information content (AvgIpc) is 2.59. The summed E-state index contributed by atoms with van der Waals surface area (Å²) in [4.78, 5) is 10.6. The molecule has 1 saturated heterocycles. The second kappa shape index (κ2) is 7.95. The summed E-state index contributed by atoms with van der Waals surface area (Å²) in [5.74, 6) is 0. The molecular formula is C19H25N3S. The van der Waals surface area contributed by atoms with E-state index in [0.717, 1.165) is 39.3 Å². The Morgan fingerprint density at radius 1 is 0.957 bits per heavy atom. The highest BCUT2D eigenvalue weighted by Gasteiger charge is 2.17. The van der Waals surface area contributed by atoms with Crippen LogP contribution >= 0.6 is 11.8 Å². The molecule has 4 heteroatoms. The normalized spacial score (nSPS) is 16.6. The van der Waals surface area contributed by atoms with E-state index < -0.39 is 0 Å². The van der Waals surface area contributed by atoms with Gasteiger partial charge >= 0.3 is 0 Å². The topological polar surface area (TPSA) is 19.4 Å². The highest BCUT2D eigenvalue weighted by molar-refractivity contribution is 7.98. The van der Waals surface area contributed by atoms with Gasteiger partial charge in [0.15, 0.2) is 0 Å². The molecule has 0 amide bonds. The van der Waals surface area contributed by atoms with Crippen LogP contribution in [0.4, 0.5) is 0 Å². The van der Waals surface area contributed by atoms with Crippen molar-refractivity contribution in [3.05, 3.63) is 59.4 Å². The number of pyridine rings is 1. The van der Waals surface area contributed by atoms with Gasteiger partial charge in [-0.25, -0.2) is 0 Å². The monoisotopic (exact) mass is 327 g/mol. The Morgan fingerprint density at radius 3 is 2.22 bits per heavy atom. The van der Waals surface area contributed by atoms with Crippen molar-refractivity contribution in [3.63, 3.8) is 0 Å². The minimum atomic E-state index is 1.05. The zero-order valence-corrected chi connectivity index (χ0v) is 14.9. The van der Waals surface area contributed by atoms with Crippen molar-refractivity contribution in [1.82, 2.24) is 14.8 Å². The molecule has 1 aromatic heterocycles. The molecule has 1 aliphatic heterocycles. The van der Waals surface area contributed by atoms with Gasteiger partial charge in [0.1, 0.15) is 0 Å². The summed E-state index contributed by atoms with van der Waals surface area (Å²) < 4.78 is 0. The van der Waals surface area contributed by atoms with Gasteiger partial charge in [-0.15, -0.1) is 11.8 Å². The molecule has 3 rings (SSSR count). The Bertz CT molecular complexity index is 619. The largest absolute Gasteiger partial charge is 0.297 e. The fourth-order valence-electron chi connectivity index (χ4n) is 3.02. The van der Waals surface area contributed by atoms with Crippen LogP contribution in [-0.4, -0.2) is 47.2 Å². The lowest BCUT2D eigenvalue weighted by Gasteiger charge is -2.35. The first-order valence-electron chi connectivity index (χ1n) is 8.22. The van der Waals surface area contributed by atoms with Gasteiger partial charge in [0.05, 0.1) is 0 Å². The van der Waals surface area contributed by atoms with Crippen molar-refractivity contribution >= 4 is 11.8 Å². The fourth-order valence-corrected chi connectivity index (χ4v) is 3.42. The SMILES string of the molecule is CSc1ccc(CN2CCN(Cc3ccncc3C)CC2)cc1. The molecular weight excluding hydrogens is 302 g/mol. The first-order chi connectivity index (χ1) is 11.2. The highest BCUT2D eigenvalue weighted by atomic mass is 32.2. The maximum absolute atomic E-state index is 4.18. The van der Waals surface area contributed by atoms with E-state index in [0.29, 0.717) is 0 Å². The molecule has 0 bridgehead atoms. The van der Waals surface area contributed by atoms with Gasteiger partial charge in [0, 0.05) is 56.6 Å². The molecule has 0 spiro atoms. The Kier molecular flexibility index (Phi) is 5.70. The Morgan fingerprint density at radius 2 is 1.61 bits per heavy atom. The van der Waals surface area contributed by atoms with E-state index in [-0.39, 0.29) is 0 Å².